The van der Waals surface area contributed by atoms with E-state index < -0.39 is 17.8 Å². The van der Waals surface area contributed by atoms with E-state index in [0.717, 1.165) is 32.0 Å². The summed E-state index contributed by atoms with van der Waals surface area (Å²) in [4.78, 5) is 17.8. The fourth-order valence-corrected chi connectivity index (χ4v) is 3.94. The van der Waals surface area contributed by atoms with Crippen LogP contribution in [0, 0.1) is 0 Å². The number of halogens is 3. The van der Waals surface area contributed by atoms with Gasteiger partial charge in [0.15, 0.2) is 0 Å². The zero-order chi connectivity index (χ0) is 23.8. The van der Waals surface area contributed by atoms with Crippen LogP contribution in [0.5, 0.6) is 11.6 Å². The molecule has 0 radical (unpaired) electrons. The predicted octanol–water partition coefficient (Wildman–Crippen LogP) is 3.70. The van der Waals surface area contributed by atoms with E-state index in [1.165, 1.54) is 12.1 Å². The van der Waals surface area contributed by atoms with Crippen LogP contribution in [0.2, 0.25) is 0 Å². The van der Waals surface area contributed by atoms with Gasteiger partial charge in [-0.15, -0.1) is 0 Å². The van der Waals surface area contributed by atoms with Crippen LogP contribution in [0.15, 0.2) is 42.5 Å². The zero-order valence-corrected chi connectivity index (χ0v) is 17.8. The van der Waals surface area contributed by atoms with Gasteiger partial charge in [0, 0.05) is 18.2 Å². The van der Waals surface area contributed by atoms with Gasteiger partial charge in [0.05, 0.1) is 6.04 Å². The number of ether oxygens (including phenoxy) is 1. The number of amides is 1. The number of rotatable bonds is 5. The molecular weight excluding hydrogens is 437 g/mol. The van der Waals surface area contributed by atoms with E-state index in [4.69, 9.17) is 16.2 Å². The van der Waals surface area contributed by atoms with Crippen LogP contribution in [0.4, 0.5) is 19.0 Å². The van der Waals surface area contributed by atoms with Crippen molar-refractivity contribution in [3.05, 3.63) is 53.7 Å². The summed E-state index contributed by atoms with van der Waals surface area (Å²) in [6.45, 7) is 1.73. The summed E-state index contributed by atoms with van der Waals surface area (Å²) in [5, 5.41) is 4.60. The number of alkyl halides is 3. The zero-order valence-electron chi connectivity index (χ0n) is 17.8. The Morgan fingerprint density at radius 2 is 1.91 bits per heavy atom. The second-order valence-electron chi connectivity index (χ2n) is 7.96. The number of anilines is 1. The van der Waals surface area contributed by atoms with Gasteiger partial charge in [-0.1, -0.05) is 6.07 Å². The van der Waals surface area contributed by atoms with Crippen molar-refractivity contribution in [1.82, 2.24) is 19.7 Å². The third kappa shape index (κ3) is 4.77. The number of aromatic nitrogens is 3. The molecule has 1 aliphatic heterocycles. The van der Waals surface area contributed by atoms with Crippen LogP contribution in [-0.2, 0) is 6.18 Å². The van der Waals surface area contributed by atoms with Crippen molar-refractivity contribution in [3.63, 3.8) is 0 Å². The number of benzene rings is 1. The maximum absolute atomic E-state index is 12.9. The minimum Gasteiger partial charge on any atom is -0.439 e. The van der Waals surface area contributed by atoms with Gasteiger partial charge >= 0.3 is 6.18 Å². The maximum Gasteiger partial charge on any atom is 0.433 e. The summed E-state index contributed by atoms with van der Waals surface area (Å²) in [5.41, 5.74) is 11.9. The Hall–Kier alpha value is -3.60. The second kappa shape index (κ2) is 8.74. The quantitative estimate of drug-likeness (QED) is 0.600. The van der Waals surface area contributed by atoms with Gasteiger partial charge in [0.25, 0.3) is 5.91 Å². The molecule has 3 aromatic rings. The monoisotopic (exact) mass is 460 g/mol. The lowest BCUT2D eigenvalue weighted by molar-refractivity contribution is -0.141. The van der Waals surface area contributed by atoms with E-state index in [9.17, 15) is 18.0 Å². The molecule has 3 heterocycles. The number of nitrogens with two attached hydrogens (primary N) is 2. The first kappa shape index (κ1) is 22.6. The Kier molecular flexibility index (Phi) is 5.98. The summed E-state index contributed by atoms with van der Waals surface area (Å²) < 4.78 is 45.7. The number of carbonyl (C=O) groups is 1. The van der Waals surface area contributed by atoms with Crippen molar-refractivity contribution in [3.8, 4) is 22.9 Å². The second-order valence-corrected chi connectivity index (χ2v) is 7.96. The topological polar surface area (TPSA) is 112 Å². The lowest BCUT2D eigenvalue weighted by Gasteiger charge is -2.30. The lowest BCUT2D eigenvalue weighted by Crippen LogP contribution is -2.34. The van der Waals surface area contributed by atoms with Crippen molar-refractivity contribution in [2.75, 3.05) is 25.9 Å². The number of hydrogen-bond donors (Lipinski definition) is 2. The summed E-state index contributed by atoms with van der Waals surface area (Å²) in [6.07, 6.45) is -2.71. The van der Waals surface area contributed by atoms with Gasteiger partial charge in [-0.3, -0.25) is 4.79 Å². The normalized spacial score (nSPS) is 17.2. The molecule has 4 N–H and O–H groups in total. The molecule has 1 aliphatic rings. The first-order valence-electron chi connectivity index (χ1n) is 10.3. The minimum absolute atomic E-state index is 0.0187. The van der Waals surface area contributed by atoms with Crippen molar-refractivity contribution < 1.29 is 22.7 Å². The van der Waals surface area contributed by atoms with E-state index in [1.54, 1.807) is 28.9 Å². The molecule has 0 spiro atoms. The third-order valence-corrected chi connectivity index (χ3v) is 5.50. The van der Waals surface area contributed by atoms with Crippen LogP contribution in [0.25, 0.3) is 11.3 Å². The Labute approximate surface area is 187 Å². The number of piperidine rings is 1. The molecule has 2 aromatic heterocycles. The van der Waals surface area contributed by atoms with Gasteiger partial charge < -0.3 is 21.1 Å². The Morgan fingerprint density at radius 1 is 1.18 bits per heavy atom. The molecule has 1 saturated heterocycles. The molecule has 1 fully saturated rings. The molecule has 1 amide bonds. The lowest BCUT2D eigenvalue weighted by atomic mass is 10.1. The van der Waals surface area contributed by atoms with E-state index in [2.05, 4.69) is 15.0 Å². The van der Waals surface area contributed by atoms with Gasteiger partial charge in [-0.05, 0) is 56.8 Å². The van der Waals surface area contributed by atoms with Crippen molar-refractivity contribution in [2.24, 2.45) is 5.73 Å². The standard InChI is InChI=1S/C22H23F3N6O2/c1-30-11-3-4-14(12-30)31-20(26)18(21(27)32)19(29-31)13-7-9-15(10-8-13)33-17-6-2-5-16(28-17)22(23,24)25/h2,5-10,14H,3-4,11-12,26H2,1H3,(H2,27,32). The molecule has 0 aliphatic carbocycles. The number of carbonyl (C=O) groups excluding carboxylic acids is 1. The number of pyridine rings is 1. The highest BCUT2D eigenvalue weighted by molar-refractivity contribution is 6.03. The molecule has 1 aromatic carbocycles. The molecule has 174 valence electrons. The first-order valence-corrected chi connectivity index (χ1v) is 10.3. The predicted molar refractivity (Wildman–Crippen MR) is 116 cm³/mol. The minimum atomic E-state index is -4.57. The van der Waals surface area contributed by atoms with Crippen LogP contribution >= 0.6 is 0 Å². The molecular formula is C22H23F3N6O2. The smallest absolute Gasteiger partial charge is 0.433 e. The molecule has 4 rings (SSSR count). The van der Waals surface area contributed by atoms with Crippen molar-refractivity contribution >= 4 is 11.7 Å². The number of likely N-dealkylation sites (N-methyl/N-ethyl adjacent to an activating group) is 1. The Balaban J connectivity index is 1.61. The molecule has 0 saturated carbocycles. The molecule has 8 nitrogen and oxygen atoms in total. The SMILES string of the molecule is CN1CCCC(n2nc(-c3ccc(Oc4cccc(C(F)(F)F)n4)cc3)c(C(N)=O)c2N)C1. The summed E-state index contributed by atoms with van der Waals surface area (Å²) in [5.74, 6) is -0.393. The number of likely N-dealkylation sites (tertiary alicyclic amines) is 1. The molecule has 11 heteroatoms. The summed E-state index contributed by atoms with van der Waals surface area (Å²) >= 11 is 0. The number of primary amides is 1. The highest BCUT2D eigenvalue weighted by Gasteiger charge is 2.32. The van der Waals surface area contributed by atoms with Crippen molar-refractivity contribution in [2.45, 2.75) is 25.1 Å². The highest BCUT2D eigenvalue weighted by Crippen LogP contribution is 2.34. The fraction of sp³-hybridized carbons (Fsp3) is 0.318. The van der Waals surface area contributed by atoms with E-state index in [1.807, 2.05) is 7.05 Å². The van der Waals surface area contributed by atoms with E-state index >= 15 is 0 Å². The van der Waals surface area contributed by atoms with Crippen LogP contribution < -0.4 is 16.2 Å². The average molecular weight is 460 g/mol. The van der Waals surface area contributed by atoms with Gasteiger partial charge in [0.1, 0.15) is 28.5 Å². The number of hydrogen-bond acceptors (Lipinski definition) is 6. The van der Waals surface area contributed by atoms with Gasteiger partial charge in [-0.2, -0.15) is 18.3 Å². The highest BCUT2D eigenvalue weighted by atomic mass is 19.4. The largest absolute Gasteiger partial charge is 0.439 e. The van der Waals surface area contributed by atoms with Gasteiger partial charge in [0.2, 0.25) is 5.88 Å². The third-order valence-electron chi connectivity index (χ3n) is 5.50. The fourth-order valence-electron chi connectivity index (χ4n) is 3.94. The summed E-state index contributed by atoms with van der Waals surface area (Å²) in [7, 11) is 2.01. The summed E-state index contributed by atoms with van der Waals surface area (Å²) in [6, 6.07) is 9.80. The Morgan fingerprint density at radius 3 is 2.55 bits per heavy atom. The maximum atomic E-state index is 12.9. The Bertz CT molecular complexity index is 1160. The molecule has 33 heavy (non-hydrogen) atoms. The first-order chi connectivity index (χ1) is 15.6. The van der Waals surface area contributed by atoms with Crippen LogP contribution in [-0.4, -0.2) is 45.7 Å². The molecule has 0 bridgehead atoms. The van der Waals surface area contributed by atoms with Gasteiger partial charge in [-0.25, -0.2) is 9.67 Å². The van der Waals surface area contributed by atoms with Crippen LogP contribution in [0.1, 0.15) is 34.9 Å². The van der Waals surface area contributed by atoms with Crippen molar-refractivity contribution in [1.29, 1.82) is 0 Å². The molecule has 1 unspecified atom stereocenters. The van der Waals surface area contributed by atoms with E-state index in [0.29, 0.717) is 11.3 Å². The number of nitrogen functional groups attached to an aromatic ring is 1. The van der Waals surface area contributed by atoms with Crippen LogP contribution in [0.3, 0.4) is 0 Å². The number of nitrogens with zero attached hydrogens (tertiary/aromatic N) is 4. The van der Waals surface area contributed by atoms with E-state index in [-0.39, 0.29) is 29.1 Å². The molecule has 1 atom stereocenters. The average Bonchev–Trinajstić information content (AvgIpc) is 3.11.